The number of ether oxygens (including phenoxy) is 1. The van der Waals surface area contributed by atoms with Crippen LogP contribution in [0.5, 0.6) is 0 Å². The highest BCUT2D eigenvalue weighted by Crippen LogP contribution is 2.42. The number of halogens is 1. The van der Waals surface area contributed by atoms with E-state index in [0.29, 0.717) is 5.02 Å². The standard InChI is InChI=1S/C19H18ClNO3/c1-2-24-19(23)16-15(12-8-10-14(20)11-9-12)17(21-18(16)22)13-6-4-3-5-7-13/h3-11,15-17H,2H2,1H3,(H,21,22). The molecule has 0 bridgehead atoms. The fourth-order valence-corrected chi connectivity index (χ4v) is 3.32. The summed E-state index contributed by atoms with van der Waals surface area (Å²) in [5, 5.41) is 3.56. The first kappa shape index (κ1) is 16.5. The molecule has 1 heterocycles. The second-order valence-electron chi connectivity index (χ2n) is 5.70. The molecule has 1 aliphatic rings. The fourth-order valence-electron chi connectivity index (χ4n) is 3.19. The van der Waals surface area contributed by atoms with Crippen molar-refractivity contribution in [2.24, 2.45) is 5.92 Å². The van der Waals surface area contributed by atoms with Crippen molar-refractivity contribution in [2.45, 2.75) is 18.9 Å². The van der Waals surface area contributed by atoms with E-state index in [9.17, 15) is 9.59 Å². The third kappa shape index (κ3) is 3.15. The van der Waals surface area contributed by atoms with Crippen molar-refractivity contribution >= 4 is 23.5 Å². The highest BCUT2D eigenvalue weighted by molar-refractivity contribution is 6.30. The van der Waals surface area contributed by atoms with E-state index in [-0.39, 0.29) is 24.5 Å². The van der Waals surface area contributed by atoms with Crippen molar-refractivity contribution in [3.63, 3.8) is 0 Å². The lowest BCUT2D eigenvalue weighted by molar-refractivity contribution is -0.151. The molecule has 3 unspecified atom stereocenters. The summed E-state index contributed by atoms with van der Waals surface area (Å²) in [6.45, 7) is 1.97. The zero-order valence-corrected chi connectivity index (χ0v) is 14.0. The van der Waals surface area contributed by atoms with Gasteiger partial charge in [0.25, 0.3) is 0 Å². The summed E-state index contributed by atoms with van der Waals surface area (Å²) in [7, 11) is 0. The fraction of sp³-hybridized carbons (Fsp3) is 0.263. The van der Waals surface area contributed by atoms with Gasteiger partial charge in [-0.15, -0.1) is 0 Å². The summed E-state index contributed by atoms with van der Waals surface area (Å²) in [5.74, 6) is -2.00. The quantitative estimate of drug-likeness (QED) is 0.683. The highest BCUT2D eigenvalue weighted by Gasteiger charge is 2.48. The zero-order valence-electron chi connectivity index (χ0n) is 13.2. The molecule has 1 amide bonds. The molecule has 3 rings (SSSR count). The number of hydrogen-bond acceptors (Lipinski definition) is 3. The van der Waals surface area contributed by atoms with E-state index >= 15 is 0 Å². The van der Waals surface area contributed by atoms with Crippen molar-refractivity contribution in [3.05, 3.63) is 70.7 Å². The van der Waals surface area contributed by atoms with Gasteiger partial charge in [-0.05, 0) is 30.2 Å². The minimum absolute atomic E-state index is 0.242. The molecule has 0 spiro atoms. The zero-order chi connectivity index (χ0) is 17.1. The van der Waals surface area contributed by atoms with Gasteiger partial charge in [0, 0.05) is 10.9 Å². The Bertz CT molecular complexity index is 730. The molecule has 1 saturated heterocycles. The second-order valence-corrected chi connectivity index (χ2v) is 6.14. The smallest absolute Gasteiger partial charge is 0.319 e. The molecular formula is C19H18ClNO3. The number of hydrogen-bond donors (Lipinski definition) is 1. The molecule has 2 aromatic rings. The van der Waals surface area contributed by atoms with Gasteiger partial charge in [-0.1, -0.05) is 54.1 Å². The largest absolute Gasteiger partial charge is 0.465 e. The maximum absolute atomic E-state index is 12.5. The van der Waals surface area contributed by atoms with Gasteiger partial charge in [0.05, 0.1) is 12.6 Å². The average Bonchev–Trinajstić information content (AvgIpc) is 2.94. The molecule has 2 aromatic carbocycles. The van der Waals surface area contributed by atoms with Crippen LogP contribution in [-0.4, -0.2) is 18.5 Å². The molecule has 3 atom stereocenters. The summed E-state index contributed by atoms with van der Waals surface area (Å²) < 4.78 is 5.13. The van der Waals surface area contributed by atoms with Gasteiger partial charge < -0.3 is 10.1 Å². The second kappa shape index (κ2) is 7.05. The van der Waals surface area contributed by atoms with Gasteiger partial charge in [0.2, 0.25) is 5.91 Å². The molecule has 0 saturated carbocycles. The van der Waals surface area contributed by atoms with Gasteiger partial charge in [-0.2, -0.15) is 0 Å². The number of esters is 1. The van der Waals surface area contributed by atoms with Crippen molar-refractivity contribution in [3.8, 4) is 0 Å². The Hall–Kier alpha value is -2.33. The van der Waals surface area contributed by atoms with Crippen LogP contribution in [0.15, 0.2) is 54.6 Å². The van der Waals surface area contributed by atoms with E-state index in [4.69, 9.17) is 16.3 Å². The van der Waals surface area contributed by atoms with E-state index in [0.717, 1.165) is 11.1 Å². The first-order valence-corrected chi connectivity index (χ1v) is 8.27. The SMILES string of the molecule is CCOC(=O)C1C(=O)NC(c2ccccc2)C1c1ccc(Cl)cc1. The van der Waals surface area contributed by atoms with Crippen LogP contribution in [0, 0.1) is 5.92 Å². The first-order chi connectivity index (χ1) is 11.6. The Morgan fingerprint density at radius 2 is 1.75 bits per heavy atom. The van der Waals surface area contributed by atoms with E-state index in [2.05, 4.69) is 5.32 Å². The van der Waals surface area contributed by atoms with Crippen molar-refractivity contribution in [1.82, 2.24) is 5.32 Å². The van der Waals surface area contributed by atoms with Crippen LogP contribution in [0.3, 0.4) is 0 Å². The number of nitrogens with one attached hydrogen (secondary N) is 1. The molecule has 0 radical (unpaired) electrons. The average molecular weight is 344 g/mol. The molecule has 24 heavy (non-hydrogen) atoms. The Morgan fingerprint density at radius 3 is 2.38 bits per heavy atom. The first-order valence-electron chi connectivity index (χ1n) is 7.89. The van der Waals surface area contributed by atoms with Crippen LogP contribution in [-0.2, 0) is 14.3 Å². The maximum atomic E-state index is 12.5. The summed E-state index contributed by atoms with van der Waals surface area (Å²) in [5.41, 5.74) is 1.84. The number of rotatable bonds is 4. The predicted molar refractivity (Wildman–Crippen MR) is 91.6 cm³/mol. The predicted octanol–water partition coefficient (Wildman–Crippen LogP) is 3.47. The number of carbonyl (C=O) groups is 2. The van der Waals surface area contributed by atoms with Crippen LogP contribution < -0.4 is 5.32 Å². The van der Waals surface area contributed by atoms with E-state index < -0.39 is 11.9 Å². The Kier molecular flexibility index (Phi) is 4.86. The normalized spacial score (nSPS) is 22.9. The minimum atomic E-state index is -0.865. The summed E-state index contributed by atoms with van der Waals surface area (Å²) in [6, 6.07) is 16.6. The lowest BCUT2D eigenvalue weighted by Crippen LogP contribution is -2.28. The Balaban J connectivity index is 2.04. The molecule has 124 valence electrons. The van der Waals surface area contributed by atoms with Crippen LogP contribution in [0.2, 0.25) is 5.02 Å². The number of carbonyl (C=O) groups excluding carboxylic acids is 2. The molecule has 5 heteroatoms. The third-order valence-corrected chi connectivity index (χ3v) is 4.50. The summed E-state index contributed by atoms with van der Waals surface area (Å²) >= 11 is 5.97. The van der Waals surface area contributed by atoms with Crippen LogP contribution in [0.4, 0.5) is 0 Å². The van der Waals surface area contributed by atoms with E-state index in [1.165, 1.54) is 0 Å². The maximum Gasteiger partial charge on any atom is 0.319 e. The third-order valence-electron chi connectivity index (χ3n) is 4.25. The van der Waals surface area contributed by atoms with Crippen molar-refractivity contribution in [1.29, 1.82) is 0 Å². The Labute approximate surface area is 145 Å². The lowest BCUT2D eigenvalue weighted by atomic mass is 9.81. The van der Waals surface area contributed by atoms with Crippen LogP contribution in [0.1, 0.15) is 30.0 Å². The molecule has 1 aliphatic heterocycles. The van der Waals surface area contributed by atoms with E-state index in [1.54, 1.807) is 19.1 Å². The molecule has 1 N–H and O–H groups in total. The number of amides is 1. The minimum Gasteiger partial charge on any atom is -0.465 e. The molecular weight excluding hydrogens is 326 g/mol. The Morgan fingerprint density at radius 1 is 1.08 bits per heavy atom. The van der Waals surface area contributed by atoms with Gasteiger partial charge in [0.1, 0.15) is 5.92 Å². The topological polar surface area (TPSA) is 55.4 Å². The van der Waals surface area contributed by atoms with Gasteiger partial charge in [-0.25, -0.2) is 0 Å². The lowest BCUT2D eigenvalue weighted by Gasteiger charge is -2.22. The molecule has 0 aliphatic carbocycles. The molecule has 4 nitrogen and oxygen atoms in total. The highest BCUT2D eigenvalue weighted by atomic mass is 35.5. The van der Waals surface area contributed by atoms with Gasteiger partial charge in [0.15, 0.2) is 0 Å². The van der Waals surface area contributed by atoms with Gasteiger partial charge >= 0.3 is 5.97 Å². The summed E-state index contributed by atoms with van der Waals surface area (Å²) in [4.78, 5) is 24.9. The van der Waals surface area contributed by atoms with Crippen molar-refractivity contribution < 1.29 is 14.3 Å². The van der Waals surface area contributed by atoms with Crippen molar-refractivity contribution in [2.75, 3.05) is 6.61 Å². The van der Waals surface area contributed by atoms with Crippen LogP contribution in [0.25, 0.3) is 0 Å². The van der Waals surface area contributed by atoms with E-state index in [1.807, 2.05) is 42.5 Å². The summed E-state index contributed by atoms with van der Waals surface area (Å²) in [6.07, 6.45) is 0. The molecule has 0 aromatic heterocycles. The monoisotopic (exact) mass is 343 g/mol. The number of benzene rings is 2. The van der Waals surface area contributed by atoms with Gasteiger partial charge in [-0.3, -0.25) is 9.59 Å². The van der Waals surface area contributed by atoms with Crippen LogP contribution >= 0.6 is 11.6 Å². The molecule has 1 fully saturated rings.